The molecule has 1 fully saturated rings. The molecule has 9 heteroatoms. The van der Waals surface area contributed by atoms with Crippen LogP contribution in [-0.4, -0.2) is 53.3 Å². The zero-order chi connectivity index (χ0) is 22.4. The average Bonchev–Trinajstić information content (AvgIpc) is 3.01. The second-order valence-corrected chi connectivity index (χ2v) is 7.40. The minimum absolute atomic E-state index is 0.165. The summed E-state index contributed by atoms with van der Waals surface area (Å²) in [6.07, 6.45) is 1.72. The predicted octanol–water partition coefficient (Wildman–Crippen LogP) is 3.56. The van der Waals surface area contributed by atoms with Gasteiger partial charge in [0.05, 0.1) is 22.8 Å². The molecule has 0 unspecified atom stereocenters. The topological polar surface area (TPSA) is 106 Å². The quantitative estimate of drug-likeness (QED) is 0.518. The van der Waals surface area contributed by atoms with Gasteiger partial charge in [0, 0.05) is 7.05 Å². The number of carboxylic acid groups (broad SMARTS) is 1. The van der Waals surface area contributed by atoms with Crippen LogP contribution in [0, 0.1) is 0 Å². The first-order valence-corrected chi connectivity index (χ1v) is 10.2. The Kier molecular flexibility index (Phi) is 7.09. The lowest BCUT2D eigenvalue weighted by atomic mass is 10.2. The number of rotatable bonds is 7. The van der Waals surface area contributed by atoms with Crippen LogP contribution < -0.4 is 4.74 Å². The number of ether oxygens (including phenoxy) is 2. The van der Waals surface area contributed by atoms with Crippen molar-refractivity contribution in [2.45, 2.75) is 6.92 Å². The number of benzene rings is 2. The van der Waals surface area contributed by atoms with Gasteiger partial charge >= 0.3 is 11.9 Å². The zero-order valence-corrected chi connectivity index (χ0v) is 17.7. The van der Waals surface area contributed by atoms with E-state index in [1.165, 1.54) is 28.8 Å². The SMILES string of the molecule is CCOC(=O)COc1cccc(/C=C2/SC(=Nc3ccc(C(=O)O)cc3)N(C)C2=O)c1. The normalized spacial score (nSPS) is 16.1. The van der Waals surface area contributed by atoms with Gasteiger partial charge in [0.15, 0.2) is 11.8 Å². The summed E-state index contributed by atoms with van der Waals surface area (Å²) in [6, 6.07) is 13.1. The number of nitrogens with zero attached hydrogens (tertiary/aromatic N) is 2. The number of hydrogen-bond donors (Lipinski definition) is 1. The average molecular weight is 440 g/mol. The van der Waals surface area contributed by atoms with Gasteiger partial charge in [0.1, 0.15) is 5.75 Å². The van der Waals surface area contributed by atoms with E-state index in [4.69, 9.17) is 14.6 Å². The molecule has 0 bridgehead atoms. The molecule has 31 heavy (non-hydrogen) atoms. The summed E-state index contributed by atoms with van der Waals surface area (Å²) in [5.74, 6) is -1.19. The zero-order valence-electron chi connectivity index (χ0n) is 16.9. The number of likely N-dealkylation sites (N-methyl/N-ethyl adjacent to an activating group) is 1. The molecule has 2 aromatic carbocycles. The first kappa shape index (κ1) is 22.1. The summed E-state index contributed by atoms with van der Waals surface area (Å²) < 4.78 is 10.3. The fraction of sp³-hybridized carbons (Fsp3) is 0.182. The monoisotopic (exact) mass is 440 g/mol. The van der Waals surface area contributed by atoms with Crippen LogP contribution in [0.2, 0.25) is 0 Å². The van der Waals surface area contributed by atoms with Gasteiger partial charge < -0.3 is 14.6 Å². The molecule has 1 amide bonds. The Hall–Kier alpha value is -3.59. The van der Waals surface area contributed by atoms with Crippen molar-refractivity contribution in [3.63, 3.8) is 0 Å². The number of hydrogen-bond acceptors (Lipinski definition) is 7. The highest BCUT2D eigenvalue weighted by atomic mass is 32.2. The van der Waals surface area contributed by atoms with Gasteiger partial charge in [0.25, 0.3) is 5.91 Å². The van der Waals surface area contributed by atoms with Crippen molar-refractivity contribution in [1.29, 1.82) is 0 Å². The van der Waals surface area contributed by atoms with Gasteiger partial charge in [-0.05, 0) is 66.7 Å². The molecule has 0 radical (unpaired) electrons. The number of carbonyl (C=O) groups is 3. The standard InChI is InChI=1S/C22H20N2O6S/c1-3-29-19(25)13-30-17-6-4-5-14(11-17)12-18-20(26)24(2)22(31-18)23-16-9-7-15(8-10-16)21(27)28/h4-12H,3,13H2,1-2H3,(H,27,28)/b18-12+,23-22?. The van der Waals surface area contributed by atoms with Crippen molar-refractivity contribution in [3.05, 3.63) is 64.6 Å². The largest absolute Gasteiger partial charge is 0.482 e. The highest BCUT2D eigenvalue weighted by Gasteiger charge is 2.30. The summed E-state index contributed by atoms with van der Waals surface area (Å²) in [5, 5.41) is 9.46. The van der Waals surface area contributed by atoms with Crippen LogP contribution in [0.15, 0.2) is 58.4 Å². The second kappa shape index (κ2) is 9.94. The van der Waals surface area contributed by atoms with E-state index in [9.17, 15) is 14.4 Å². The molecule has 0 aromatic heterocycles. The van der Waals surface area contributed by atoms with Crippen LogP contribution in [0.25, 0.3) is 6.08 Å². The molecule has 1 heterocycles. The molecule has 2 aromatic rings. The smallest absolute Gasteiger partial charge is 0.344 e. The van der Waals surface area contributed by atoms with Crippen LogP contribution in [0.4, 0.5) is 5.69 Å². The van der Waals surface area contributed by atoms with Gasteiger partial charge in [-0.25, -0.2) is 14.6 Å². The van der Waals surface area contributed by atoms with Crippen LogP contribution in [0.5, 0.6) is 5.75 Å². The third-order valence-electron chi connectivity index (χ3n) is 4.16. The molecule has 1 aliphatic rings. The summed E-state index contributed by atoms with van der Waals surface area (Å²) in [7, 11) is 1.62. The number of aromatic carboxylic acids is 1. The van der Waals surface area contributed by atoms with Gasteiger partial charge in [0.2, 0.25) is 0 Å². The van der Waals surface area contributed by atoms with Crippen LogP contribution in [0.3, 0.4) is 0 Å². The number of carboxylic acids is 1. The van der Waals surface area contributed by atoms with E-state index in [2.05, 4.69) is 4.99 Å². The predicted molar refractivity (Wildman–Crippen MR) is 117 cm³/mol. The van der Waals surface area contributed by atoms with Crippen LogP contribution in [0.1, 0.15) is 22.8 Å². The van der Waals surface area contributed by atoms with E-state index >= 15 is 0 Å². The maximum absolute atomic E-state index is 12.6. The number of amidine groups is 1. The lowest BCUT2D eigenvalue weighted by Crippen LogP contribution is -2.23. The van der Waals surface area contributed by atoms with Crippen molar-refractivity contribution in [3.8, 4) is 5.75 Å². The first-order chi connectivity index (χ1) is 14.9. The van der Waals surface area contributed by atoms with E-state index in [1.54, 1.807) is 50.4 Å². The Bertz CT molecular complexity index is 1060. The fourth-order valence-electron chi connectivity index (χ4n) is 2.63. The van der Waals surface area contributed by atoms with Crippen molar-refractivity contribution in [1.82, 2.24) is 4.90 Å². The number of amides is 1. The maximum atomic E-state index is 12.6. The van der Waals surface area contributed by atoms with E-state index in [1.807, 2.05) is 6.07 Å². The van der Waals surface area contributed by atoms with Crippen molar-refractivity contribution >= 4 is 46.5 Å². The molecule has 0 atom stereocenters. The van der Waals surface area contributed by atoms with Crippen molar-refractivity contribution < 1.29 is 29.0 Å². The summed E-state index contributed by atoms with van der Waals surface area (Å²) in [5.41, 5.74) is 1.44. The molecule has 1 N–H and O–H groups in total. The van der Waals surface area contributed by atoms with E-state index in [0.717, 1.165) is 5.56 Å². The highest BCUT2D eigenvalue weighted by molar-refractivity contribution is 8.18. The minimum Gasteiger partial charge on any atom is -0.482 e. The van der Waals surface area contributed by atoms with Crippen LogP contribution in [-0.2, 0) is 14.3 Å². The van der Waals surface area contributed by atoms with Crippen molar-refractivity contribution in [2.75, 3.05) is 20.3 Å². The second-order valence-electron chi connectivity index (χ2n) is 6.39. The molecule has 160 valence electrons. The van der Waals surface area contributed by atoms with E-state index in [-0.39, 0.29) is 24.7 Å². The number of esters is 1. The van der Waals surface area contributed by atoms with Crippen molar-refractivity contribution in [2.24, 2.45) is 4.99 Å². The lowest BCUT2D eigenvalue weighted by Gasteiger charge is -2.07. The van der Waals surface area contributed by atoms with Gasteiger partial charge in [-0.2, -0.15) is 0 Å². The third-order valence-corrected chi connectivity index (χ3v) is 5.22. The molecule has 8 nitrogen and oxygen atoms in total. The Labute approximate surface area is 183 Å². The Morgan fingerprint density at radius 3 is 2.61 bits per heavy atom. The number of thioether (sulfide) groups is 1. The number of aliphatic imine (C=N–C) groups is 1. The first-order valence-electron chi connectivity index (χ1n) is 9.35. The molecule has 1 saturated heterocycles. The highest BCUT2D eigenvalue weighted by Crippen LogP contribution is 2.33. The molecule has 0 saturated carbocycles. The van der Waals surface area contributed by atoms with E-state index < -0.39 is 11.9 Å². The molecular formula is C22H20N2O6S. The molecular weight excluding hydrogens is 420 g/mol. The molecule has 3 rings (SSSR count). The lowest BCUT2D eigenvalue weighted by molar-refractivity contribution is -0.145. The molecule has 0 spiro atoms. The third kappa shape index (κ3) is 5.73. The molecule has 1 aliphatic heterocycles. The minimum atomic E-state index is -1.01. The molecule has 0 aliphatic carbocycles. The summed E-state index contributed by atoms with van der Waals surface area (Å²) in [6.45, 7) is 1.82. The van der Waals surface area contributed by atoms with E-state index in [0.29, 0.717) is 21.5 Å². The Balaban J connectivity index is 1.75. The Morgan fingerprint density at radius 1 is 1.19 bits per heavy atom. The Morgan fingerprint density at radius 2 is 1.94 bits per heavy atom. The maximum Gasteiger partial charge on any atom is 0.344 e. The van der Waals surface area contributed by atoms with Gasteiger partial charge in [-0.1, -0.05) is 12.1 Å². The van der Waals surface area contributed by atoms with Crippen LogP contribution >= 0.6 is 11.8 Å². The summed E-state index contributed by atoms with van der Waals surface area (Å²) in [4.78, 5) is 41.4. The number of carbonyl (C=O) groups excluding carboxylic acids is 2. The fourth-order valence-corrected chi connectivity index (χ4v) is 3.62. The van der Waals surface area contributed by atoms with Gasteiger partial charge in [-0.15, -0.1) is 0 Å². The van der Waals surface area contributed by atoms with Gasteiger partial charge in [-0.3, -0.25) is 9.69 Å². The summed E-state index contributed by atoms with van der Waals surface area (Å²) >= 11 is 1.21.